The monoisotopic (exact) mass is 354 g/mol. The van der Waals surface area contributed by atoms with Crippen molar-refractivity contribution in [3.63, 3.8) is 0 Å². The minimum absolute atomic E-state index is 0.165. The number of anilines is 1. The van der Waals surface area contributed by atoms with Crippen molar-refractivity contribution in [1.29, 1.82) is 0 Å². The number of ether oxygens (including phenoxy) is 1. The zero-order valence-electron chi connectivity index (χ0n) is 12.7. The van der Waals surface area contributed by atoms with Crippen LogP contribution in [0.1, 0.15) is 26.2 Å². The molecule has 2 rings (SSSR count). The minimum atomic E-state index is -0.604. The van der Waals surface area contributed by atoms with Crippen molar-refractivity contribution in [3.05, 3.63) is 28.7 Å². The van der Waals surface area contributed by atoms with Gasteiger partial charge in [0.1, 0.15) is 5.54 Å². The second-order valence-electron chi connectivity index (χ2n) is 5.55. The van der Waals surface area contributed by atoms with Gasteiger partial charge in [-0.25, -0.2) is 4.79 Å². The first-order valence-electron chi connectivity index (χ1n) is 7.44. The highest BCUT2D eigenvalue weighted by Gasteiger charge is 2.42. The zero-order chi connectivity index (χ0) is 15.3. The first-order valence-corrected chi connectivity index (χ1v) is 8.23. The quantitative estimate of drug-likeness (QED) is 0.823. The van der Waals surface area contributed by atoms with E-state index in [0.717, 1.165) is 49.1 Å². The molecule has 21 heavy (non-hydrogen) atoms. The lowest BCUT2D eigenvalue weighted by atomic mass is 9.87. The van der Waals surface area contributed by atoms with E-state index in [4.69, 9.17) is 4.74 Å². The molecule has 1 heterocycles. The largest absolute Gasteiger partial charge is 0.467 e. The van der Waals surface area contributed by atoms with Gasteiger partial charge in [0, 0.05) is 23.2 Å². The molecule has 1 aromatic carbocycles. The normalized spacial score (nSPS) is 18.2. The Balaban J connectivity index is 2.11. The number of benzene rings is 1. The van der Waals surface area contributed by atoms with Crippen LogP contribution in [0, 0.1) is 0 Å². The summed E-state index contributed by atoms with van der Waals surface area (Å²) in [6.07, 6.45) is 2.69. The number of carbonyl (C=O) groups excluding carboxylic acids is 1. The van der Waals surface area contributed by atoms with Crippen molar-refractivity contribution in [2.45, 2.75) is 31.7 Å². The van der Waals surface area contributed by atoms with Crippen molar-refractivity contribution in [2.75, 3.05) is 32.1 Å². The van der Waals surface area contributed by atoms with Crippen LogP contribution in [0.15, 0.2) is 28.7 Å². The van der Waals surface area contributed by atoms with Crippen molar-refractivity contribution in [3.8, 4) is 0 Å². The number of carbonyl (C=O) groups is 1. The molecule has 0 unspecified atom stereocenters. The predicted molar refractivity (Wildman–Crippen MR) is 88.5 cm³/mol. The summed E-state index contributed by atoms with van der Waals surface area (Å²) in [4.78, 5) is 14.7. The minimum Gasteiger partial charge on any atom is -0.467 e. The Morgan fingerprint density at radius 2 is 1.95 bits per heavy atom. The summed E-state index contributed by atoms with van der Waals surface area (Å²) in [7, 11) is 1.46. The molecule has 0 aliphatic carbocycles. The summed E-state index contributed by atoms with van der Waals surface area (Å²) in [5.41, 5.74) is 0.347. The zero-order valence-corrected chi connectivity index (χ0v) is 14.3. The van der Waals surface area contributed by atoms with E-state index in [9.17, 15) is 4.79 Å². The van der Waals surface area contributed by atoms with Crippen LogP contribution >= 0.6 is 15.9 Å². The molecule has 0 aromatic heterocycles. The van der Waals surface area contributed by atoms with E-state index < -0.39 is 5.54 Å². The third-order valence-electron chi connectivity index (χ3n) is 4.05. The van der Waals surface area contributed by atoms with Gasteiger partial charge in [0.25, 0.3) is 0 Å². The van der Waals surface area contributed by atoms with Crippen molar-refractivity contribution < 1.29 is 9.53 Å². The first kappa shape index (κ1) is 16.3. The van der Waals surface area contributed by atoms with Gasteiger partial charge in [-0.2, -0.15) is 0 Å². The van der Waals surface area contributed by atoms with E-state index in [1.807, 2.05) is 24.3 Å². The summed E-state index contributed by atoms with van der Waals surface area (Å²) >= 11 is 3.43. The number of hydrogen-bond acceptors (Lipinski definition) is 4. The van der Waals surface area contributed by atoms with Crippen molar-refractivity contribution in [1.82, 2.24) is 4.90 Å². The number of halogens is 1. The second-order valence-corrected chi connectivity index (χ2v) is 6.46. The molecule has 1 aliphatic heterocycles. The van der Waals surface area contributed by atoms with Crippen molar-refractivity contribution >= 4 is 27.6 Å². The van der Waals surface area contributed by atoms with Crippen molar-refractivity contribution in [2.24, 2.45) is 0 Å². The molecule has 5 heteroatoms. The van der Waals surface area contributed by atoms with Crippen LogP contribution in [0.5, 0.6) is 0 Å². The van der Waals surface area contributed by atoms with Crippen LogP contribution in [0.25, 0.3) is 0 Å². The molecule has 0 spiro atoms. The van der Waals surface area contributed by atoms with Crippen LogP contribution in [-0.2, 0) is 9.53 Å². The van der Waals surface area contributed by atoms with Gasteiger partial charge in [0.05, 0.1) is 7.11 Å². The summed E-state index contributed by atoms with van der Waals surface area (Å²) in [5, 5.41) is 3.41. The second kappa shape index (κ2) is 7.27. The van der Waals surface area contributed by atoms with Crippen LogP contribution in [-0.4, -0.2) is 43.2 Å². The SMILES string of the molecule is CCCN1CCC(Nc2ccc(Br)cc2)(C(=O)OC)CC1. The Kier molecular flexibility index (Phi) is 5.65. The lowest BCUT2D eigenvalue weighted by Crippen LogP contribution is -2.55. The average Bonchev–Trinajstić information content (AvgIpc) is 2.51. The number of nitrogens with zero attached hydrogens (tertiary/aromatic N) is 1. The fourth-order valence-electron chi connectivity index (χ4n) is 2.86. The highest BCUT2D eigenvalue weighted by molar-refractivity contribution is 9.10. The van der Waals surface area contributed by atoms with E-state index in [1.54, 1.807) is 0 Å². The molecule has 0 amide bonds. The van der Waals surface area contributed by atoms with Crippen LogP contribution in [0.2, 0.25) is 0 Å². The molecule has 0 atom stereocenters. The van der Waals surface area contributed by atoms with Gasteiger partial charge >= 0.3 is 5.97 Å². The Morgan fingerprint density at radius 1 is 1.33 bits per heavy atom. The predicted octanol–water partition coefficient (Wildman–Crippen LogP) is 3.28. The van der Waals surface area contributed by atoms with E-state index >= 15 is 0 Å². The summed E-state index contributed by atoms with van der Waals surface area (Å²) in [6, 6.07) is 7.90. The molecule has 116 valence electrons. The molecule has 0 radical (unpaired) electrons. The van der Waals surface area contributed by atoms with Crippen LogP contribution in [0.3, 0.4) is 0 Å². The molecule has 1 aromatic rings. The number of methoxy groups -OCH3 is 1. The smallest absolute Gasteiger partial charge is 0.331 e. The third kappa shape index (κ3) is 3.98. The first-order chi connectivity index (χ1) is 10.1. The Hall–Kier alpha value is -1.07. The van der Waals surface area contributed by atoms with E-state index in [-0.39, 0.29) is 5.97 Å². The molecule has 0 bridgehead atoms. The Morgan fingerprint density at radius 3 is 2.48 bits per heavy atom. The molecule has 1 N–H and O–H groups in total. The van der Waals surface area contributed by atoms with Gasteiger partial charge in [0.2, 0.25) is 0 Å². The lowest BCUT2D eigenvalue weighted by Gasteiger charge is -2.40. The molecule has 0 saturated carbocycles. The third-order valence-corrected chi connectivity index (χ3v) is 4.58. The highest BCUT2D eigenvalue weighted by Crippen LogP contribution is 2.29. The van der Waals surface area contributed by atoms with E-state index in [0.29, 0.717) is 0 Å². The van der Waals surface area contributed by atoms with E-state index in [2.05, 4.69) is 33.1 Å². The van der Waals surface area contributed by atoms with Gasteiger partial charge in [-0.05, 0) is 50.1 Å². The number of likely N-dealkylation sites (tertiary alicyclic amines) is 1. The topological polar surface area (TPSA) is 41.6 Å². The van der Waals surface area contributed by atoms with Gasteiger partial charge in [0.15, 0.2) is 0 Å². The van der Waals surface area contributed by atoms with Crippen LogP contribution in [0.4, 0.5) is 5.69 Å². The van der Waals surface area contributed by atoms with Gasteiger partial charge in [-0.15, -0.1) is 0 Å². The molecule has 4 nitrogen and oxygen atoms in total. The molecule has 1 aliphatic rings. The summed E-state index contributed by atoms with van der Waals surface area (Å²) in [5.74, 6) is -0.165. The summed E-state index contributed by atoms with van der Waals surface area (Å²) in [6.45, 7) is 5.12. The molecule has 1 saturated heterocycles. The number of nitrogens with one attached hydrogen (secondary N) is 1. The van der Waals surface area contributed by atoms with Gasteiger partial charge in [-0.1, -0.05) is 22.9 Å². The maximum absolute atomic E-state index is 12.3. The Bertz CT molecular complexity index is 468. The maximum atomic E-state index is 12.3. The molecular formula is C16H23BrN2O2. The molecular weight excluding hydrogens is 332 g/mol. The van der Waals surface area contributed by atoms with Gasteiger partial charge < -0.3 is 15.0 Å². The number of rotatable bonds is 5. The number of esters is 1. The summed E-state index contributed by atoms with van der Waals surface area (Å²) < 4.78 is 6.08. The van der Waals surface area contributed by atoms with Gasteiger partial charge in [-0.3, -0.25) is 0 Å². The van der Waals surface area contributed by atoms with Crippen LogP contribution < -0.4 is 5.32 Å². The fourth-order valence-corrected chi connectivity index (χ4v) is 3.12. The van der Waals surface area contributed by atoms with E-state index in [1.165, 1.54) is 7.11 Å². The number of hydrogen-bond donors (Lipinski definition) is 1. The molecule has 1 fully saturated rings. The average molecular weight is 355 g/mol. The number of piperidine rings is 1. The highest BCUT2D eigenvalue weighted by atomic mass is 79.9. The lowest BCUT2D eigenvalue weighted by molar-refractivity contribution is -0.147. The standard InChI is InChI=1S/C16H23BrN2O2/c1-3-10-19-11-8-16(9-12-19,15(20)21-2)18-14-6-4-13(17)5-7-14/h4-7,18H,3,8-12H2,1-2H3. The Labute approximate surface area is 135 Å². The maximum Gasteiger partial charge on any atom is 0.331 e. The fraction of sp³-hybridized carbons (Fsp3) is 0.562.